The largest absolute Gasteiger partial charge is 0.482 e. The van der Waals surface area contributed by atoms with Crippen LogP contribution in [0.2, 0.25) is 0 Å². The molecule has 148 valence electrons. The zero-order valence-corrected chi connectivity index (χ0v) is 16.6. The normalized spacial score (nSPS) is 10.9. The van der Waals surface area contributed by atoms with Gasteiger partial charge in [-0.2, -0.15) is 0 Å². The van der Waals surface area contributed by atoms with Crippen LogP contribution in [-0.2, 0) is 19.7 Å². The second-order valence-corrected chi connectivity index (χ2v) is 7.42. The van der Waals surface area contributed by atoms with Gasteiger partial charge in [-0.25, -0.2) is 4.79 Å². The lowest BCUT2D eigenvalue weighted by Gasteiger charge is -2.19. The Hall–Kier alpha value is -3.15. The number of esters is 1. The maximum Gasteiger partial charge on any atom is 0.344 e. The molecule has 0 atom stereocenters. The standard InChI is InChI=1S/C22H25NO5/c1-15-7-5-6-8-18(15)27-14-20(25)28-13-19(24)23-21(26)16-9-11-17(12-10-16)22(2,3)4/h5-12H,13-14H2,1-4H3,(H,23,24,26). The fourth-order valence-corrected chi connectivity index (χ4v) is 2.40. The van der Waals surface area contributed by atoms with Gasteiger partial charge in [-0.05, 0) is 41.7 Å². The van der Waals surface area contributed by atoms with E-state index >= 15 is 0 Å². The lowest BCUT2D eigenvalue weighted by atomic mass is 9.87. The van der Waals surface area contributed by atoms with Crippen LogP contribution in [0.5, 0.6) is 5.75 Å². The molecular weight excluding hydrogens is 358 g/mol. The van der Waals surface area contributed by atoms with Gasteiger partial charge >= 0.3 is 5.97 Å². The van der Waals surface area contributed by atoms with Crippen molar-refractivity contribution in [1.82, 2.24) is 5.32 Å². The third kappa shape index (κ3) is 6.23. The Labute approximate surface area is 164 Å². The van der Waals surface area contributed by atoms with Gasteiger partial charge in [0.2, 0.25) is 0 Å². The van der Waals surface area contributed by atoms with E-state index in [9.17, 15) is 14.4 Å². The number of nitrogens with one attached hydrogen (secondary N) is 1. The zero-order valence-electron chi connectivity index (χ0n) is 16.6. The maximum absolute atomic E-state index is 12.1. The van der Waals surface area contributed by atoms with E-state index in [0.29, 0.717) is 11.3 Å². The van der Waals surface area contributed by atoms with Crippen LogP contribution in [0.4, 0.5) is 0 Å². The molecule has 0 aliphatic heterocycles. The minimum absolute atomic E-state index is 0.0284. The number of rotatable bonds is 6. The fraction of sp³-hybridized carbons (Fsp3) is 0.318. The van der Waals surface area contributed by atoms with E-state index in [2.05, 4.69) is 26.1 Å². The van der Waals surface area contributed by atoms with Crippen LogP contribution in [0.25, 0.3) is 0 Å². The topological polar surface area (TPSA) is 81.7 Å². The van der Waals surface area contributed by atoms with Crippen molar-refractivity contribution >= 4 is 17.8 Å². The van der Waals surface area contributed by atoms with Gasteiger partial charge in [-0.15, -0.1) is 0 Å². The van der Waals surface area contributed by atoms with Crippen molar-refractivity contribution in [2.24, 2.45) is 0 Å². The summed E-state index contributed by atoms with van der Waals surface area (Å²) in [4.78, 5) is 35.7. The van der Waals surface area contributed by atoms with Crippen molar-refractivity contribution in [3.8, 4) is 5.75 Å². The molecule has 2 aromatic carbocycles. The van der Waals surface area contributed by atoms with Gasteiger partial charge in [0, 0.05) is 5.56 Å². The molecule has 2 amide bonds. The molecule has 1 N–H and O–H groups in total. The molecular formula is C22H25NO5. The van der Waals surface area contributed by atoms with Gasteiger partial charge in [0.1, 0.15) is 5.75 Å². The summed E-state index contributed by atoms with van der Waals surface area (Å²) in [6.07, 6.45) is 0. The van der Waals surface area contributed by atoms with Crippen LogP contribution in [-0.4, -0.2) is 31.0 Å². The Morgan fingerprint density at radius 2 is 1.57 bits per heavy atom. The quantitative estimate of drug-likeness (QED) is 0.775. The molecule has 0 fully saturated rings. The highest BCUT2D eigenvalue weighted by Gasteiger charge is 2.16. The average Bonchev–Trinajstić information content (AvgIpc) is 2.65. The number of imide groups is 1. The Kier molecular flexibility index (Phi) is 6.93. The molecule has 0 aliphatic carbocycles. The molecule has 0 spiro atoms. The molecule has 0 unspecified atom stereocenters. The van der Waals surface area contributed by atoms with Crippen molar-refractivity contribution in [2.45, 2.75) is 33.1 Å². The number of hydrogen-bond acceptors (Lipinski definition) is 5. The summed E-state index contributed by atoms with van der Waals surface area (Å²) in [7, 11) is 0. The van der Waals surface area contributed by atoms with Gasteiger partial charge in [-0.3, -0.25) is 14.9 Å². The van der Waals surface area contributed by atoms with Gasteiger partial charge in [0.05, 0.1) is 0 Å². The smallest absolute Gasteiger partial charge is 0.344 e. The first-order valence-electron chi connectivity index (χ1n) is 8.95. The lowest BCUT2D eigenvalue weighted by Crippen LogP contribution is -2.34. The van der Waals surface area contributed by atoms with Crippen molar-refractivity contribution < 1.29 is 23.9 Å². The number of benzene rings is 2. The maximum atomic E-state index is 12.1. The molecule has 0 aliphatic rings. The SMILES string of the molecule is Cc1ccccc1OCC(=O)OCC(=O)NC(=O)c1ccc(C(C)(C)C)cc1. The summed E-state index contributed by atoms with van der Waals surface area (Å²) in [6, 6.07) is 14.3. The predicted molar refractivity (Wildman–Crippen MR) is 105 cm³/mol. The van der Waals surface area contributed by atoms with Gasteiger partial charge in [0.15, 0.2) is 13.2 Å². The Morgan fingerprint density at radius 3 is 2.18 bits per heavy atom. The third-order valence-electron chi connectivity index (χ3n) is 4.07. The predicted octanol–water partition coefficient (Wildman–Crippen LogP) is 3.17. The van der Waals surface area contributed by atoms with Crippen LogP contribution in [0.1, 0.15) is 42.3 Å². The molecule has 2 rings (SSSR count). The number of hydrogen-bond donors (Lipinski definition) is 1. The molecule has 0 saturated heterocycles. The van der Waals surface area contributed by atoms with Crippen LogP contribution in [0.3, 0.4) is 0 Å². The number of para-hydroxylation sites is 1. The molecule has 0 radical (unpaired) electrons. The Morgan fingerprint density at radius 1 is 0.929 bits per heavy atom. The van der Waals surface area contributed by atoms with Gasteiger partial charge in [-0.1, -0.05) is 51.1 Å². The monoisotopic (exact) mass is 383 g/mol. The summed E-state index contributed by atoms with van der Waals surface area (Å²) in [6.45, 7) is 7.20. The summed E-state index contributed by atoms with van der Waals surface area (Å²) in [5.74, 6) is -1.37. The first kappa shape index (κ1) is 21.2. The van der Waals surface area contributed by atoms with E-state index in [1.54, 1.807) is 24.3 Å². The number of carbonyl (C=O) groups excluding carboxylic acids is 3. The van der Waals surface area contributed by atoms with E-state index in [0.717, 1.165) is 11.1 Å². The van der Waals surface area contributed by atoms with Crippen molar-refractivity contribution in [2.75, 3.05) is 13.2 Å². The van der Waals surface area contributed by atoms with Crippen molar-refractivity contribution in [3.05, 3.63) is 65.2 Å². The summed E-state index contributed by atoms with van der Waals surface area (Å²) < 4.78 is 10.2. The Bertz CT molecular complexity index is 850. The number of carbonyl (C=O) groups is 3. The Balaban J connectivity index is 1.77. The first-order valence-corrected chi connectivity index (χ1v) is 8.95. The molecule has 2 aromatic rings. The number of amides is 2. The molecule has 6 heteroatoms. The van der Waals surface area contributed by atoms with Crippen molar-refractivity contribution in [1.29, 1.82) is 0 Å². The molecule has 0 saturated carbocycles. The summed E-state index contributed by atoms with van der Waals surface area (Å²) >= 11 is 0. The van der Waals surface area contributed by atoms with Crippen LogP contribution in [0.15, 0.2) is 48.5 Å². The van der Waals surface area contributed by atoms with Crippen LogP contribution < -0.4 is 10.1 Å². The summed E-state index contributed by atoms with van der Waals surface area (Å²) in [5, 5.41) is 2.20. The third-order valence-corrected chi connectivity index (χ3v) is 4.07. The highest BCUT2D eigenvalue weighted by molar-refractivity contribution is 6.05. The molecule has 0 aromatic heterocycles. The van der Waals surface area contributed by atoms with E-state index in [1.165, 1.54) is 0 Å². The van der Waals surface area contributed by atoms with E-state index in [-0.39, 0.29) is 12.0 Å². The zero-order chi connectivity index (χ0) is 20.7. The number of aryl methyl sites for hydroxylation is 1. The second-order valence-electron chi connectivity index (χ2n) is 7.42. The highest BCUT2D eigenvalue weighted by atomic mass is 16.6. The van der Waals surface area contributed by atoms with E-state index in [4.69, 9.17) is 9.47 Å². The van der Waals surface area contributed by atoms with E-state index < -0.39 is 24.4 Å². The lowest BCUT2D eigenvalue weighted by molar-refractivity contribution is -0.150. The molecule has 6 nitrogen and oxygen atoms in total. The van der Waals surface area contributed by atoms with Crippen LogP contribution in [0, 0.1) is 6.92 Å². The second kappa shape index (κ2) is 9.17. The minimum Gasteiger partial charge on any atom is -0.482 e. The molecule has 28 heavy (non-hydrogen) atoms. The van der Waals surface area contributed by atoms with E-state index in [1.807, 2.05) is 31.2 Å². The van der Waals surface area contributed by atoms with Crippen molar-refractivity contribution in [3.63, 3.8) is 0 Å². The minimum atomic E-state index is -0.700. The highest BCUT2D eigenvalue weighted by Crippen LogP contribution is 2.22. The van der Waals surface area contributed by atoms with Gasteiger partial charge < -0.3 is 9.47 Å². The molecule has 0 bridgehead atoms. The molecule has 0 heterocycles. The first-order chi connectivity index (χ1) is 13.2. The van der Waals surface area contributed by atoms with Crippen LogP contribution >= 0.6 is 0 Å². The number of ether oxygens (including phenoxy) is 2. The average molecular weight is 383 g/mol. The van der Waals surface area contributed by atoms with Gasteiger partial charge in [0.25, 0.3) is 11.8 Å². The fourth-order valence-electron chi connectivity index (χ4n) is 2.40. The summed E-state index contributed by atoms with van der Waals surface area (Å²) in [5.41, 5.74) is 2.30.